The highest BCUT2D eigenvalue weighted by atomic mass is 32.2. The van der Waals surface area contributed by atoms with Crippen molar-refractivity contribution >= 4 is 11.8 Å². The zero-order valence-electron chi connectivity index (χ0n) is 10.9. The van der Waals surface area contributed by atoms with Crippen molar-refractivity contribution < 1.29 is 4.52 Å². The van der Waals surface area contributed by atoms with Crippen LogP contribution in [0, 0.1) is 0 Å². The molecule has 1 aliphatic heterocycles. The Bertz CT molecular complexity index is 389. The third kappa shape index (κ3) is 2.43. The van der Waals surface area contributed by atoms with Crippen LogP contribution in [0.3, 0.4) is 0 Å². The van der Waals surface area contributed by atoms with Crippen LogP contribution in [-0.4, -0.2) is 29.0 Å². The molecule has 0 aromatic carbocycles. The van der Waals surface area contributed by atoms with Crippen LogP contribution >= 0.6 is 11.8 Å². The van der Waals surface area contributed by atoms with E-state index in [2.05, 4.69) is 15.5 Å². The lowest BCUT2D eigenvalue weighted by molar-refractivity contribution is 0.332. The van der Waals surface area contributed by atoms with E-state index in [-0.39, 0.29) is 0 Å². The molecule has 2 aliphatic rings. The van der Waals surface area contributed by atoms with E-state index in [1.54, 1.807) is 0 Å². The fourth-order valence-corrected chi connectivity index (χ4v) is 4.31. The first kappa shape index (κ1) is 12.5. The molecular weight excluding hydrogens is 246 g/mol. The van der Waals surface area contributed by atoms with Crippen LogP contribution < -0.4 is 5.32 Å². The van der Waals surface area contributed by atoms with Gasteiger partial charge in [-0.25, -0.2) is 0 Å². The molecule has 2 heterocycles. The Labute approximate surface area is 112 Å². The second kappa shape index (κ2) is 5.61. The fraction of sp³-hybridized carbons (Fsp3) is 0.846. The third-order valence-corrected chi connectivity index (χ3v) is 5.50. The first-order valence-electron chi connectivity index (χ1n) is 7.01. The van der Waals surface area contributed by atoms with Crippen LogP contribution in [0.5, 0.6) is 0 Å². The predicted molar refractivity (Wildman–Crippen MR) is 72.8 cm³/mol. The molecule has 0 spiro atoms. The molecular formula is C13H21N3OS. The van der Waals surface area contributed by atoms with Crippen LogP contribution in [0.2, 0.25) is 0 Å². The van der Waals surface area contributed by atoms with E-state index >= 15 is 0 Å². The van der Waals surface area contributed by atoms with Gasteiger partial charge in [0.2, 0.25) is 5.89 Å². The molecule has 100 valence electrons. The summed E-state index contributed by atoms with van der Waals surface area (Å²) in [4.78, 5) is 4.68. The number of likely N-dealkylation sites (N-methyl/N-ethyl adjacent to an activating group) is 1. The topological polar surface area (TPSA) is 51.0 Å². The molecule has 0 radical (unpaired) electrons. The second-order valence-electron chi connectivity index (χ2n) is 5.28. The minimum atomic E-state index is 0.421. The molecule has 1 saturated heterocycles. The largest absolute Gasteiger partial charge is 0.339 e. The summed E-state index contributed by atoms with van der Waals surface area (Å²) in [7, 11) is 2.03. The van der Waals surface area contributed by atoms with Crippen molar-refractivity contribution in [2.24, 2.45) is 0 Å². The van der Waals surface area contributed by atoms with Crippen LogP contribution in [0.1, 0.15) is 61.4 Å². The number of rotatable bonds is 3. The van der Waals surface area contributed by atoms with Gasteiger partial charge in [-0.15, -0.1) is 0 Å². The van der Waals surface area contributed by atoms with Crippen molar-refractivity contribution in [1.29, 1.82) is 0 Å². The molecule has 1 aromatic rings. The Morgan fingerprint density at radius 2 is 2.17 bits per heavy atom. The Morgan fingerprint density at radius 3 is 2.94 bits per heavy atom. The number of aromatic nitrogens is 2. The summed E-state index contributed by atoms with van der Waals surface area (Å²) < 4.78 is 5.52. The number of thioether (sulfide) groups is 1. The van der Waals surface area contributed by atoms with E-state index in [1.807, 2.05) is 18.8 Å². The zero-order valence-corrected chi connectivity index (χ0v) is 11.7. The molecule has 1 N–H and O–H groups in total. The standard InChI is InChI=1S/C13H21N3OS/c1-14-10-6-4-5-9(10)13-15-12(16-17-13)11-7-2-3-8-18-11/h9-11,14H,2-8H2,1H3. The number of hydrogen-bond acceptors (Lipinski definition) is 5. The molecule has 1 aliphatic carbocycles. The van der Waals surface area contributed by atoms with Gasteiger partial charge in [-0.3, -0.25) is 0 Å². The molecule has 1 saturated carbocycles. The van der Waals surface area contributed by atoms with Gasteiger partial charge in [-0.1, -0.05) is 18.0 Å². The second-order valence-corrected chi connectivity index (χ2v) is 6.59. The van der Waals surface area contributed by atoms with Gasteiger partial charge in [0.05, 0.1) is 11.2 Å². The average molecular weight is 267 g/mol. The van der Waals surface area contributed by atoms with Gasteiger partial charge in [-0.05, 0) is 38.5 Å². The van der Waals surface area contributed by atoms with Crippen LogP contribution in [0.4, 0.5) is 0 Å². The quantitative estimate of drug-likeness (QED) is 0.912. The normalized spacial score (nSPS) is 32.8. The summed E-state index contributed by atoms with van der Waals surface area (Å²) in [5, 5.41) is 8.05. The van der Waals surface area contributed by atoms with E-state index in [0.29, 0.717) is 17.2 Å². The van der Waals surface area contributed by atoms with Gasteiger partial charge in [0.25, 0.3) is 0 Å². The fourth-order valence-electron chi connectivity index (χ4n) is 3.07. The highest BCUT2D eigenvalue weighted by molar-refractivity contribution is 7.99. The van der Waals surface area contributed by atoms with Crippen molar-refractivity contribution in [2.45, 2.75) is 55.7 Å². The lowest BCUT2D eigenvalue weighted by Crippen LogP contribution is -2.27. The first-order chi connectivity index (χ1) is 8.88. The molecule has 4 nitrogen and oxygen atoms in total. The number of nitrogens with zero attached hydrogens (tertiary/aromatic N) is 2. The highest BCUT2D eigenvalue weighted by Gasteiger charge is 2.32. The first-order valence-corrected chi connectivity index (χ1v) is 8.05. The molecule has 2 fully saturated rings. The zero-order chi connectivity index (χ0) is 12.4. The van der Waals surface area contributed by atoms with Crippen LogP contribution in [0.25, 0.3) is 0 Å². The maximum atomic E-state index is 5.52. The van der Waals surface area contributed by atoms with E-state index in [9.17, 15) is 0 Å². The summed E-state index contributed by atoms with van der Waals surface area (Å²) in [5.41, 5.74) is 0. The van der Waals surface area contributed by atoms with Gasteiger partial charge in [-0.2, -0.15) is 16.7 Å². The van der Waals surface area contributed by atoms with Crippen LogP contribution in [-0.2, 0) is 0 Å². The minimum absolute atomic E-state index is 0.421. The summed E-state index contributed by atoms with van der Waals surface area (Å²) in [5.74, 6) is 3.44. The maximum Gasteiger partial charge on any atom is 0.231 e. The lowest BCUT2D eigenvalue weighted by Gasteiger charge is -2.17. The Kier molecular flexibility index (Phi) is 3.89. The van der Waals surface area contributed by atoms with Crippen molar-refractivity contribution in [3.8, 4) is 0 Å². The van der Waals surface area contributed by atoms with Gasteiger partial charge in [0.1, 0.15) is 0 Å². The molecule has 3 rings (SSSR count). The maximum absolute atomic E-state index is 5.52. The average Bonchev–Trinajstić information content (AvgIpc) is 3.08. The Balaban J connectivity index is 1.72. The molecule has 1 aromatic heterocycles. The van der Waals surface area contributed by atoms with E-state index in [4.69, 9.17) is 4.52 Å². The molecule has 0 bridgehead atoms. The van der Waals surface area contributed by atoms with Gasteiger partial charge >= 0.3 is 0 Å². The Hall–Kier alpha value is -0.550. The minimum Gasteiger partial charge on any atom is -0.339 e. The summed E-state index contributed by atoms with van der Waals surface area (Å²) in [6.45, 7) is 0. The van der Waals surface area contributed by atoms with E-state index in [0.717, 1.165) is 11.7 Å². The number of hydrogen-bond donors (Lipinski definition) is 1. The summed E-state index contributed by atoms with van der Waals surface area (Å²) in [6.07, 6.45) is 7.47. The molecule has 18 heavy (non-hydrogen) atoms. The Morgan fingerprint density at radius 1 is 1.22 bits per heavy atom. The SMILES string of the molecule is CNC1CCCC1c1nc(C2CCCCS2)no1. The van der Waals surface area contributed by atoms with Gasteiger partial charge in [0.15, 0.2) is 5.82 Å². The van der Waals surface area contributed by atoms with Gasteiger partial charge < -0.3 is 9.84 Å². The van der Waals surface area contributed by atoms with Crippen molar-refractivity contribution in [3.63, 3.8) is 0 Å². The third-order valence-electron chi connectivity index (χ3n) is 4.13. The summed E-state index contributed by atoms with van der Waals surface area (Å²) >= 11 is 1.98. The van der Waals surface area contributed by atoms with Crippen molar-refractivity contribution in [1.82, 2.24) is 15.5 Å². The molecule has 3 unspecified atom stereocenters. The molecule has 3 atom stereocenters. The lowest BCUT2D eigenvalue weighted by atomic mass is 10.0. The highest BCUT2D eigenvalue weighted by Crippen LogP contribution is 2.39. The summed E-state index contributed by atoms with van der Waals surface area (Å²) in [6, 6.07) is 0.511. The molecule has 0 amide bonds. The number of nitrogens with one attached hydrogen (secondary N) is 1. The smallest absolute Gasteiger partial charge is 0.231 e. The molecule has 5 heteroatoms. The predicted octanol–water partition coefficient (Wildman–Crippen LogP) is 2.88. The van der Waals surface area contributed by atoms with Gasteiger partial charge in [0, 0.05) is 6.04 Å². The van der Waals surface area contributed by atoms with Crippen LogP contribution in [0.15, 0.2) is 4.52 Å². The van der Waals surface area contributed by atoms with E-state index in [1.165, 1.54) is 44.3 Å². The monoisotopic (exact) mass is 267 g/mol. The van der Waals surface area contributed by atoms with Crippen molar-refractivity contribution in [2.75, 3.05) is 12.8 Å². The van der Waals surface area contributed by atoms with Crippen molar-refractivity contribution in [3.05, 3.63) is 11.7 Å². The van der Waals surface area contributed by atoms with E-state index < -0.39 is 0 Å².